The molecular formula is C99H107BrClN36NaO10. The third-order valence-corrected chi connectivity index (χ3v) is 21.5. The molecule has 3 fully saturated rings. The van der Waals surface area contributed by atoms with Crippen molar-refractivity contribution in [2.24, 2.45) is 38.2 Å². The number of carboxylic acid groups (broad SMARTS) is 1. The van der Waals surface area contributed by atoms with Crippen molar-refractivity contribution < 1.29 is 78.1 Å². The minimum atomic E-state index is -0.744. The number of alkyl halides is 2. The molecule has 10 aromatic heterocycles. The fourth-order valence-corrected chi connectivity index (χ4v) is 13.8. The molecule has 3 aliphatic rings. The van der Waals surface area contributed by atoms with Crippen LogP contribution in [-0.4, -0.2) is 165 Å². The van der Waals surface area contributed by atoms with E-state index < -0.39 is 12.1 Å². The molecule has 7 N–H and O–H groups in total. The van der Waals surface area contributed by atoms with Crippen molar-refractivity contribution >= 4 is 75.0 Å². The van der Waals surface area contributed by atoms with Crippen LogP contribution >= 0.6 is 27.5 Å². The fourth-order valence-electron chi connectivity index (χ4n) is 13.4. The number of aliphatic hydroxyl groups excluding tert-OH is 1. The van der Waals surface area contributed by atoms with Gasteiger partial charge in [-0.2, -0.15) is 29.7 Å². The number of aliphatic carboxylic acids is 1. The number of hydrogen-bond donors (Lipinski definition) is 5. The van der Waals surface area contributed by atoms with Gasteiger partial charge in [0.2, 0.25) is 11.9 Å². The normalized spacial score (nSPS) is 13.6. The molecule has 0 unspecified atom stereocenters. The minimum Gasteiger partial charge on any atom is -0.481 e. The van der Waals surface area contributed by atoms with Gasteiger partial charge in [-0.25, -0.2) is 34.6 Å². The van der Waals surface area contributed by atoms with Crippen molar-refractivity contribution in [2.45, 2.75) is 150 Å². The Morgan fingerprint density at radius 1 is 0.520 bits per heavy atom. The number of aromatic nitrogens is 14. The van der Waals surface area contributed by atoms with Crippen molar-refractivity contribution in [1.29, 1.82) is 10.5 Å². The molecule has 3 saturated heterocycles. The maximum Gasteiger partial charge on any atom is 1.00 e. The number of carbonyl (C=O) groups is 4. The van der Waals surface area contributed by atoms with Crippen molar-refractivity contribution in [2.75, 3.05) is 50.7 Å². The summed E-state index contributed by atoms with van der Waals surface area (Å²) in [6.07, 6.45) is 10.2. The predicted molar refractivity (Wildman–Crippen MR) is 549 cm³/mol. The van der Waals surface area contributed by atoms with Crippen LogP contribution in [0.3, 0.4) is 0 Å². The molecule has 7 atom stereocenters. The topological polar surface area (TPSA) is 721 Å². The van der Waals surface area contributed by atoms with Crippen molar-refractivity contribution in [3.63, 3.8) is 0 Å². The van der Waals surface area contributed by atoms with Gasteiger partial charge in [-0.3, -0.25) is 58.8 Å². The number of azide groups is 4. The van der Waals surface area contributed by atoms with Crippen LogP contribution in [0.5, 0.6) is 0 Å². The Morgan fingerprint density at radius 3 is 1.32 bits per heavy atom. The van der Waals surface area contributed by atoms with E-state index in [9.17, 15) is 34.7 Å². The Hall–Kier alpha value is -16.7. The third kappa shape index (κ3) is 47.7. The summed E-state index contributed by atoms with van der Waals surface area (Å²) in [6.45, 7) is 26.1. The van der Waals surface area contributed by atoms with E-state index in [1.165, 1.54) is 51.6 Å². The number of hydrogen-bond acceptors (Lipinski definition) is 33. The number of nitrogen functional groups attached to an aromatic ring is 2. The summed E-state index contributed by atoms with van der Waals surface area (Å²) in [5, 5.41) is 62.6. The predicted octanol–water partition coefficient (Wildman–Crippen LogP) is 16.0. The number of pyridine rings is 7. The van der Waals surface area contributed by atoms with E-state index in [1.54, 1.807) is 121 Å². The van der Waals surface area contributed by atoms with Crippen molar-refractivity contribution in [3.05, 3.63) is 349 Å². The molecular weight excluding hydrogens is 1990 g/mol. The number of nitrogens with two attached hydrogens (primary N) is 2. The second kappa shape index (κ2) is 70.9. The first kappa shape index (κ1) is 125. The number of likely N-dealkylation sites (tertiary alicyclic amines) is 2. The van der Waals surface area contributed by atoms with E-state index in [4.69, 9.17) is 92.1 Å². The quantitative estimate of drug-likeness (QED) is 0.00713. The molecule has 148 heavy (non-hydrogen) atoms. The largest absolute Gasteiger partial charge is 1.00 e. The molecule has 46 nitrogen and oxygen atoms in total. The maximum atomic E-state index is 11.3. The molecule has 0 amide bonds. The number of Topliss-reactive ketones (excluding diaryl/α,β-unsaturated/α-hetero) is 3. The van der Waals surface area contributed by atoms with Crippen LogP contribution in [0.2, 0.25) is 0 Å². The number of aliphatic hydroxyl groups is 1. The van der Waals surface area contributed by atoms with Gasteiger partial charge >= 0.3 is 47.8 Å². The summed E-state index contributed by atoms with van der Waals surface area (Å²) in [6, 6.07) is 60.5. The molecule has 12 aromatic rings. The molecule has 13 heterocycles. The van der Waals surface area contributed by atoms with Gasteiger partial charge in [0.25, 0.3) is 0 Å². The first-order chi connectivity index (χ1) is 70.6. The smallest absolute Gasteiger partial charge is 0.481 e. The molecule has 0 saturated carbocycles. The first-order valence-corrected chi connectivity index (χ1v) is 46.4. The van der Waals surface area contributed by atoms with Crippen LogP contribution in [0.15, 0.2) is 215 Å². The van der Waals surface area contributed by atoms with Gasteiger partial charge in [-0.1, -0.05) is 128 Å². The van der Waals surface area contributed by atoms with Crippen molar-refractivity contribution in [1.82, 2.24) is 84.9 Å². The van der Waals surface area contributed by atoms with Crippen LogP contribution in [0.4, 0.5) is 11.9 Å². The first-order valence-electron chi connectivity index (χ1n) is 44.8. The summed E-state index contributed by atoms with van der Waals surface area (Å²) in [5.74, 6) is 3.20. The zero-order valence-electron chi connectivity index (χ0n) is 83.0. The molecule has 0 spiro atoms. The zero-order chi connectivity index (χ0) is 109. The number of nitriles is 2. The Balaban J connectivity index is 0.000000442. The number of terminal acetylenes is 1. The third-order valence-electron chi connectivity index (χ3n) is 20.7. The Kier molecular flexibility index (Phi) is 60.1. The molecule has 0 bridgehead atoms. The number of nitrogens with one attached hydrogen (secondary N) is 1. The summed E-state index contributed by atoms with van der Waals surface area (Å²) in [5.41, 5.74) is 73.2. The molecule has 0 radical (unpaired) electrons. The average molecular weight is 2100 g/mol. The number of benzene rings is 2. The molecule has 0 aliphatic carbocycles. The second-order valence-corrected chi connectivity index (χ2v) is 33.0. The van der Waals surface area contributed by atoms with E-state index in [-0.39, 0.29) is 108 Å². The van der Waals surface area contributed by atoms with Crippen molar-refractivity contribution in [3.8, 4) is 58.4 Å². The SMILES string of the molecule is C#Cc1cc(-c2cccc(C#N)c2)nc(N)n1.CC(=O)c1cccc(C)n1.CC(=O)c1cccc(CBr)n1.CC(=O)c1cccc(CN=[N+]=[N-])n1.C[C@@H](O)c1cccc(CN=[N+]=[N-])n1.C[C@H](Cl)c1cccc(CN=[N+]=[N-])n1.C[C@H](c1cccc(Cn2cc(-c3cc(-c4cccc(C#N)c4)nc(N)n3)nn2)n1)N1CC[C@H](C(=O)O)C1.C[C@H]1CCN([C@H](C)c2cccc(CN=[N+]=[N-])n2)C1.C[C@H]1CCNC1.O=C=O.O=C=O.[N-]=[N+]=[N-].[Na+]. The summed E-state index contributed by atoms with van der Waals surface area (Å²) in [4.78, 5) is 139. The van der Waals surface area contributed by atoms with Gasteiger partial charge < -0.3 is 38.1 Å². The minimum absolute atomic E-state index is 0. The number of aryl methyl sites for hydroxylation is 1. The van der Waals surface area contributed by atoms with E-state index in [1.807, 2.05) is 106 Å². The Bertz CT molecular complexity index is 6680. The molecule has 2 aromatic carbocycles. The molecule has 758 valence electrons. The molecule has 3 aliphatic heterocycles. The van der Waals surface area contributed by atoms with E-state index in [2.05, 4.69) is 170 Å². The average Bonchev–Trinajstić information content (AvgIpc) is 1.63. The Morgan fingerprint density at radius 2 is 0.919 bits per heavy atom. The summed E-state index contributed by atoms with van der Waals surface area (Å²) >= 11 is 9.11. The number of anilines is 2. The van der Waals surface area contributed by atoms with Crippen LogP contribution in [-0.2, 0) is 62.0 Å². The molecule has 49 heteroatoms. The van der Waals surface area contributed by atoms with E-state index in [0.29, 0.717) is 111 Å². The van der Waals surface area contributed by atoms with Crippen LogP contribution in [0, 0.1) is 59.7 Å². The Labute approximate surface area is 888 Å². The zero-order valence-corrected chi connectivity index (χ0v) is 87.4. The molecule has 15 rings (SSSR count). The van der Waals surface area contributed by atoms with E-state index in [0.717, 1.165) is 88.1 Å². The van der Waals surface area contributed by atoms with Crippen LogP contribution < -0.4 is 46.3 Å². The number of halogens is 2. The number of carboxylic acids is 1. The van der Waals surface area contributed by atoms with Gasteiger partial charge in [0, 0.05) is 111 Å². The van der Waals surface area contributed by atoms with Gasteiger partial charge in [0.15, 0.2) is 17.3 Å². The van der Waals surface area contributed by atoms with Gasteiger partial charge in [0.05, 0.1) is 131 Å². The fraction of sp³-hybridized carbons (Fsp3) is 0.323. The second-order valence-electron chi connectivity index (χ2n) is 31.8. The summed E-state index contributed by atoms with van der Waals surface area (Å²) in [7, 11) is 0. The van der Waals surface area contributed by atoms with Crippen LogP contribution in [0.1, 0.15) is 216 Å². The van der Waals surface area contributed by atoms with Gasteiger partial charge in [-0.05, 0) is 235 Å². The monoisotopic (exact) mass is 2100 g/mol. The number of rotatable bonds is 24. The van der Waals surface area contributed by atoms with Gasteiger partial charge in [0.1, 0.15) is 28.5 Å². The number of carbonyl (C=O) groups excluding carboxylic acids is 7. The number of nitrogens with zero attached hydrogens (tertiary/aromatic N) is 33. The van der Waals surface area contributed by atoms with Gasteiger partial charge in [-0.15, -0.1) is 23.1 Å². The number of ketones is 3. The maximum absolute atomic E-state index is 11.3. The van der Waals surface area contributed by atoms with E-state index >= 15 is 0 Å². The summed E-state index contributed by atoms with van der Waals surface area (Å²) < 4.78 is 1.68. The standard InChI is InChI=1S/C26H25N9O2.C13H19N5.C13H8N4.C8H8BrNO.C8H9ClN4.C8H10N4O.C8H8N4O.C8H9NO.C5H11N.2CO2.N3.Na/c1-16(34-9-8-19(13-34)25(36)37)21-7-3-6-20(29-21)14-35-15-24(32-33-35)23-11-22(30-26(28)31-23)18-5-2-4-17(10-18)12-27;1-10-6-7-18(9-10)11(2)13-5-3-4-12(16-13)8-15-17-14;1-2-11-7-12(17-13(15)16-11)10-5-3-4-9(6-10)8-14;1-6(11)8-4-2-3-7(5-9)10-8;1-6(9)8-4-2-3-7(12-8)5-11-13-10;2*1-6(13)8-4-2-3-7(11-8)5-10-12-9;1-6-4-3-5-8(9-6)7(2)10;1-5-2-3-6-4-5;2*2-1-3;1-3-2;/h2-7,10-11,15-16,19H,8-9,13-14H2,1H3,(H,36,37)(H2,28,30,31);3-5,10-11H,6-9H2,1-2H3;1,3-7H,(H2,15,16,17);2-4H,5H2,1H3;2-4,6H,5H2,1H3;2-4,6,13H,5H2,1H3;2-4H,5H2,1H3;3-5H,1-2H3;5-6H,2-4H2,1H3;;;;/q;;;;;;;;;;;-1;+1/t16-,19+;10-,11+;;;2*6-;;;5-;;;;/m10..01..0..../s1. The van der Waals surface area contributed by atoms with Crippen LogP contribution in [0.25, 0.3) is 91.6 Å².